The van der Waals surface area contributed by atoms with Crippen LogP contribution in [0.25, 0.3) is 22.7 Å². The van der Waals surface area contributed by atoms with Crippen LogP contribution < -0.4 is 0 Å². The third-order valence-corrected chi connectivity index (χ3v) is 6.14. The second-order valence-electron chi connectivity index (χ2n) is 8.57. The zero-order valence-electron chi connectivity index (χ0n) is 18.7. The minimum Gasteiger partial charge on any atom is -0.441 e. The number of carbonyl (C=O) groups excluding carboxylic acids is 1. The van der Waals surface area contributed by atoms with Crippen LogP contribution in [0.3, 0.4) is 0 Å². The van der Waals surface area contributed by atoms with E-state index in [4.69, 9.17) is 9.40 Å². The van der Waals surface area contributed by atoms with Crippen molar-refractivity contribution in [3.63, 3.8) is 0 Å². The van der Waals surface area contributed by atoms with E-state index in [9.17, 15) is 4.79 Å². The summed E-state index contributed by atoms with van der Waals surface area (Å²) in [7, 11) is 0. The molecule has 3 heterocycles. The van der Waals surface area contributed by atoms with E-state index in [0.29, 0.717) is 31.1 Å². The maximum atomic E-state index is 12.9. The molecule has 0 aliphatic carbocycles. The van der Waals surface area contributed by atoms with Crippen LogP contribution in [0.5, 0.6) is 0 Å². The van der Waals surface area contributed by atoms with E-state index in [-0.39, 0.29) is 11.8 Å². The molecule has 1 aliphatic heterocycles. The number of H-pyrrole nitrogens is 1. The van der Waals surface area contributed by atoms with E-state index in [2.05, 4.69) is 22.1 Å². The Kier molecular flexibility index (Phi) is 6.02. The molecule has 0 radical (unpaired) electrons. The van der Waals surface area contributed by atoms with Crippen LogP contribution in [0.4, 0.5) is 0 Å². The van der Waals surface area contributed by atoms with Crippen molar-refractivity contribution in [2.45, 2.75) is 38.5 Å². The highest BCUT2D eigenvalue weighted by molar-refractivity contribution is 5.76. The van der Waals surface area contributed by atoms with E-state index in [0.717, 1.165) is 42.1 Å². The standard InChI is InChI=1S/C26H27N5O2/c1-18-9-11-19(12-10-18)22-16-27-23(33-22)13-14-24(32)31-15-5-8-21(17-31)26-28-25(29-30-26)20-6-3-2-4-7-20/h2-4,6-7,9-12,16,21H,5,8,13-15,17H2,1H3,(H,28,29,30)/t21-/m0/s1. The summed E-state index contributed by atoms with van der Waals surface area (Å²) in [5.74, 6) is 3.16. The second-order valence-corrected chi connectivity index (χ2v) is 8.57. The summed E-state index contributed by atoms with van der Waals surface area (Å²) in [5, 5.41) is 7.47. The average molecular weight is 442 g/mol. The number of oxazole rings is 1. The Balaban J connectivity index is 1.18. The minimum atomic E-state index is 0.123. The molecule has 1 fully saturated rings. The maximum absolute atomic E-state index is 12.9. The Labute approximate surface area is 192 Å². The number of aryl methyl sites for hydroxylation is 2. The number of hydrogen-bond donors (Lipinski definition) is 1. The number of rotatable bonds is 6. The Morgan fingerprint density at radius 1 is 1.12 bits per heavy atom. The van der Waals surface area contributed by atoms with Crippen molar-refractivity contribution in [2.75, 3.05) is 13.1 Å². The van der Waals surface area contributed by atoms with Gasteiger partial charge in [0, 0.05) is 43.0 Å². The summed E-state index contributed by atoms with van der Waals surface area (Å²) in [4.78, 5) is 23.9. The molecule has 1 N–H and O–H groups in total. The average Bonchev–Trinajstić information content (AvgIpc) is 3.54. The molecule has 2 aromatic heterocycles. The largest absolute Gasteiger partial charge is 0.441 e. The van der Waals surface area contributed by atoms with Gasteiger partial charge in [-0.15, -0.1) is 0 Å². The number of benzene rings is 2. The zero-order chi connectivity index (χ0) is 22.6. The molecule has 7 heteroatoms. The zero-order valence-corrected chi connectivity index (χ0v) is 18.7. The van der Waals surface area contributed by atoms with E-state index in [1.54, 1.807) is 6.20 Å². The van der Waals surface area contributed by atoms with Crippen LogP contribution in [0.2, 0.25) is 0 Å². The van der Waals surface area contributed by atoms with Gasteiger partial charge in [-0.25, -0.2) is 9.97 Å². The number of hydrogen-bond acceptors (Lipinski definition) is 5. The van der Waals surface area contributed by atoms with Crippen molar-refractivity contribution >= 4 is 5.91 Å². The lowest BCUT2D eigenvalue weighted by Crippen LogP contribution is -2.39. The van der Waals surface area contributed by atoms with Gasteiger partial charge in [0.05, 0.1) is 6.20 Å². The fourth-order valence-electron chi connectivity index (χ4n) is 4.25. The number of aromatic amines is 1. The highest BCUT2D eigenvalue weighted by atomic mass is 16.4. The monoisotopic (exact) mass is 441 g/mol. The van der Waals surface area contributed by atoms with E-state index < -0.39 is 0 Å². The summed E-state index contributed by atoms with van der Waals surface area (Å²) >= 11 is 0. The molecular weight excluding hydrogens is 414 g/mol. The van der Waals surface area contributed by atoms with Crippen molar-refractivity contribution in [3.8, 4) is 22.7 Å². The van der Waals surface area contributed by atoms with Crippen LogP contribution >= 0.6 is 0 Å². The number of aromatic nitrogens is 4. The molecular formula is C26H27N5O2. The van der Waals surface area contributed by atoms with Gasteiger partial charge in [-0.3, -0.25) is 9.89 Å². The van der Waals surface area contributed by atoms with Crippen LogP contribution in [-0.4, -0.2) is 44.1 Å². The highest BCUT2D eigenvalue weighted by Crippen LogP contribution is 2.27. The van der Waals surface area contributed by atoms with Gasteiger partial charge in [-0.2, -0.15) is 5.10 Å². The molecule has 0 saturated carbocycles. The number of piperidine rings is 1. The van der Waals surface area contributed by atoms with Gasteiger partial charge in [0.15, 0.2) is 17.5 Å². The first-order valence-electron chi connectivity index (χ1n) is 11.4. The van der Waals surface area contributed by atoms with E-state index >= 15 is 0 Å². The molecule has 2 aromatic carbocycles. The fourth-order valence-corrected chi connectivity index (χ4v) is 4.25. The minimum absolute atomic E-state index is 0.123. The number of carbonyl (C=O) groups is 1. The molecule has 4 aromatic rings. The van der Waals surface area contributed by atoms with Gasteiger partial charge in [-0.05, 0) is 19.8 Å². The predicted molar refractivity (Wildman–Crippen MR) is 125 cm³/mol. The van der Waals surface area contributed by atoms with Gasteiger partial charge < -0.3 is 9.32 Å². The van der Waals surface area contributed by atoms with Crippen LogP contribution in [-0.2, 0) is 11.2 Å². The molecule has 168 valence electrons. The van der Waals surface area contributed by atoms with Crippen molar-refractivity contribution in [1.29, 1.82) is 0 Å². The van der Waals surface area contributed by atoms with E-state index in [1.165, 1.54) is 5.56 Å². The molecule has 1 aliphatic rings. The third-order valence-electron chi connectivity index (χ3n) is 6.14. The summed E-state index contributed by atoms with van der Waals surface area (Å²) in [5.41, 5.74) is 3.18. The first-order chi connectivity index (χ1) is 16.2. The normalized spacial score (nSPS) is 16.2. The molecule has 1 atom stereocenters. The summed E-state index contributed by atoms with van der Waals surface area (Å²) in [6.45, 7) is 3.48. The number of nitrogens with zero attached hydrogens (tertiary/aromatic N) is 4. The maximum Gasteiger partial charge on any atom is 0.223 e. The molecule has 7 nitrogen and oxygen atoms in total. The topological polar surface area (TPSA) is 87.9 Å². The van der Waals surface area contributed by atoms with Gasteiger partial charge in [0.25, 0.3) is 0 Å². The molecule has 0 spiro atoms. The first-order valence-corrected chi connectivity index (χ1v) is 11.4. The van der Waals surface area contributed by atoms with Crippen molar-refractivity contribution < 1.29 is 9.21 Å². The molecule has 0 bridgehead atoms. The lowest BCUT2D eigenvalue weighted by atomic mass is 9.97. The summed E-state index contributed by atoms with van der Waals surface area (Å²) in [6.07, 6.45) is 4.55. The predicted octanol–water partition coefficient (Wildman–Crippen LogP) is 4.77. The lowest BCUT2D eigenvalue weighted by Gasteiger charge is -2.31. The second kappa shape index (κ2) is 9.40. The summed E-state index contributed by atoms with van der Waals surface area (Å²) in [6, 6.07) is 18.1. The Bertz CT molecular complexity index is 1210. The van der Waals surface area contributed by atoms with Crippen molar-refractivity contribution in [2.24, 2.45) is 0 Å². The van der Waals surface area contributed by atoms with Crippen LogP contribution in [0.1, 0.15) is 42.5 Å². The van der Waals surface area contributed by atoms with Gasteiger partial charge >= 0.3 is 0 Å². The van der Waals surface area contributed by atoms with Gasteiger partial charge in [0.1, 0.15) is 5.82 Å². The van der Waals surface area contributed by atoms with Gasteiger partial charge in [-0.1, -0.05) is 60.2 Å². The Morgan fingerprint density at radius 3 is 2.76 bits per heavy atom. The number of amides is 1. The van der Waals surface area contributed by atoms with Crippen molar-refractivity contribution in [1.82, 2.24) is 25.1 Å². The fraction of sp³-hybridized carbons (Fsp3) is 0.308. The number of nitrogens with one attached hydrogen (secondary N) is 1. The van der Waals surface area contributed by atoms with Crippen LogP contribution in [0, 0.1) is 6.92 Å². The van der Waals surface area contributed by atoms with E-state index in [1.807, 2.05) is 59.5 Å². The molecule has 1 saturated heterocycles. The Morgan fingerprint density at radius 2 is 1.94 bits per heavy atom. The van der Waals surface area contributed by atoms with Gasteiger partial charge in [0.2, 0.25) is 5.91 Å². The smallest absolute Gasteiger partial charge is 0.223 e. The number of likely N-dealkylation sites (tertiary alicyclic amines) is 1. The lowest BCUT2D eigenvalue weighted by molar-refractivity contribution is -0.132. The SMILES string of the molecule is Cc1ccc(-c2cnc(CCC(=O)N3CCC[C@H](c4nc(-c5ccccc5)n[nH]4)C3)o2)cc1. The van der Waals surface area contributed by atoms with Crippen molar-refractivity contribution in [3.05, 3.63) is 78.1 Å². The molecule has 0 unspecified atom stereocenters. The summed E-state index contributed by atoms with van der Waals surface area (Å²) < 4.78 is 5.88. The molecule has 5 rings (SSSR count). The molecule has 1 amide bonds. The van der Waals surface area contributed by atoms with Crippen LogP contribution in [0.15, 0.2) is 65.2 Å². The highest BCUT2D eigenvalue weighted by Gasteiger charge is 2.27. The Hall–Kier alpha value is -3.74. The quantitative estimate of drug-likeness (QED) is 0.465. The molecule has 33 heavy (non-hydrogen) atoms. The third kappa shape index (κ3) is 4.87. The first kappa shape index (κ1) is 21.1.